The molecule has 1 N–H and O–H groups in total. The number of rotatable bonds is 5. The molecule has 1 aliphatic heterocycles. The van der Waals surface area contributed by atoms with E-state index >= 15 is 0 Å². The second-order valence-electron chi connectivity index (χ2n) is 4.99. The summed E-state index contributed by atoms with van der Waals surface area (Å²) in [5.41, 5.74) is 1.56. The Morgan fingerprint density at radius 1 is 1.27 bits per heavy atom. The van der Waals surface area contributed by atoms with E-state index in [2.05, 4.69) is 10.2 Å². The first-order valence-electron chi connectivity index (χ1n) is 6.92. The smallest absolute Gasteiger partial charge is 0.331 e. The molecule has 0 radical (unpaired) electrons. The van der Waals surface area contributed by atoms with Crippen LogP contribution in [-0.2, 0) is 11.2 Å². The van der Waals surface area contributed by atoms with Crippen molar-refractivity contribution in [2.45, 2.75) is 6.42 Å². The highest BCUT2D eigenvalue weighted by Gasteiger charge is 2.37. The summed E-state index contributed by atoms with van der Waals surface area (Å²) in [5.74, 6) is 0.559. The number of aromatic amines is 1. The van der Waals surface area contributed by atoms with E-state index in [1.165, 1.54) is 12.4 Å². The van der Waals surface area contributed by atoms with Gasteiger partial charge in [-0.2, -0.15) is 5.10 Å². The molecule has 0 saturated carbocycles. The van der Waals surface area contributed by atoms with Crippen molar-refractivity contribution in [3.8, 4) is 5.75 Å². The summed E-state index contributed by atoms with van der Waals surface area (Å²) in [4.78, 5) is 27.0. The summed E-state index contributed by atoms with van der Waals surface area (Å²) in [6.07, 6.45) is 3.67. The molecule has 3 rings (SSSR count). The number of nitrogens with zero attached hydrogens (tertiary/aromatic N) is 3. The van der Waals surface area contributed by atoms with Gasteiger partial charge < -0.3 is 9.64 Å². The third-order valence-corrected chi connectivity index (χ3v) is 3.61. The predicted octanol–water partition coefficient (Wildman–Crippen LogP) is 1.43. The number of benzene rings is 1. The van der Waals surface area contributed by atoms with E-state index in [0.717, 1.165) is 16.2 Å². The fourth-order valence-corrected chi connectivity index (χ4v) is 2.40. The zero-order chi connectivity index (χ0) is 15.5. The molecule has 1 aromatic carbocycles. The van der Waals surface area contributed by atoms with Crippen molar-refractivity contribution >= 4 is 17.6 Å². The molecule has 1 aliphatic rings. The summed E-state index contributed by atoms with van der Waals surface area (Å²) >= 11 is 0. The molecule has 1 aromatic heterocycles. The summed E-state index contributed by atoms with van der Waals surface area (Å²) in [5, 5.41) is 6.37. The van der Waals surface area contributed by atoms with E-state index in [9.17, 15) is 9.59 Å². The molecule has 2 aromatic rings. The number of carbonyl (C=O) groups excluding carboxylic acids is 2. The van der Waals surface area contributed by atoms with E-state index in [-0.39, 0.29) is 18.5 Å². The van der Waals surface area contributed by atoms with Crippen molar-refractivity contribution in [1.29, 1.82) is 0 Å². The van der Waals surface area contributed by atoms with Crippen molar-refractivity contribution in [3.63, 3.8) is 0 Å². The van der Waals surface area contributed by atoms with Gasteiger partial charge in [0.25, 0.3) is 5.91 Å². The summed E-state index contributed by atoms with van der Waals surface area (Å²) in [6.45, 7) is 0.589. The molecule has 0 atom stereocenters. The minimum atomic E-state index is -0.306. The molecule has 2 heterocycles. The van der Waals surface area contributed by atoms with Crippen molar-refractivity contribution in [2.24, 2.45) is 0 Å². The Hall–Kier alpha value is -2.83. The fourth-order valence-electron chi connectivity index (χ4n) is 2.40. The average molecular weight is 300 g/mol. The molecule has 7 heteroatoms. The van der Waals surface area contributed by atoms with E-state index in [4.69, 9.17) is 4.74 Å². The molecule has 0 aliphatic carbocycles. The lowest BCUT2D eigenvalue weighted by molar-refractivity contribution is -0.116. The van der Waals surface area contributed by atoms with Gasteiger partial charge in [0, 0.05) is 12.7 Å². The first kappa shape index (κ1) is 14.1. The van der Waals surface area contributed by atoms with Crippen molar-refractivity contribution in [1.82, 2.24) is 15.1 Å². The van der Waals surface area contributed by atoms with Gasteiger partial charge in [0.15, 0.2) is 0 Å². The number of ether oxygens (including phenoxy) is 1. The van der Waals surface area contributed by atoms with Crippen LogP contribution in [0.25, 0.3) is 0 Å². The van der Waals surface area contributed by atoms with Crippen LogP contribution in [-0.4, -0.2) is 47.2 Å². The van der Waals surface area contributed by atoms with Crippen LogP contribution >= 0.6 is 0 Å². The van der Waals surface area contributed by atoms with E-state index < -0.39 is 0 Å². The van der Waals surface area contributed by atoms with Gasteiger partial charge in [-0.05, 0) is 24.1 Å². The molecule has 0 unspecified atom stereocenters. The highest BCUT2D eigenvalue weighted by Crippen LogP contribution is 2.20. The van der Waals surface area contributed by atoms with Gasteiger partial charge in [0.05, 0.1) is 19.0 Å². The van der Waals surface area contributed by atoms with Gasteiger partial charge in [0.2, 0.25) is 0 Å². The Kier molecular flexibility index (Phi) is 3.78. The van der Waals surface area contributed by atoms with Crippen LogP contribution in [0.15, 0.2) is 36.7 Å². The van der Waals surface area contributed by atoms with E-state index in [1.807, 2.05) is 24.3 Å². The standard InChI is InChI=1S/C15H16N4O3/c1-22-13-4-2-11(3-5-13)6-7-18-10-14(20)19(15(18)21)12-8-16-17-9-12/h2-5,8-9H,6-7,10H2,1H3,(H,16,17). The molecule has 3 amide bonds. The van der Waals surface area contributed by atoms with Crippen molar-refractivity contribution < 1.29 is 14.3 Å². The summed E-state index contributed by atoms with van der Waals surface area (Å²) < 4.78 is 5.11. The maximum Gasteiger partial charge on any atom is 0.331 e. The Bertz CT molecular complexity index is 667. The third kappa shape index (κ3) is 2.65. The second-order valence-corrected chi connectivity index (χ2v) is 4.99. The molecular formula is C15H16N4O3. The van der Waals surface area contributed by atoms with Crippen LogP contribution < -0.4 is 9.64 Å². The first-order valence-corrected chi connectivity index (χ1v) is 6.92. The Morgan fingerprint density at radius 2 is 2.05 bits per heavy atom. The van der Waals surface area contributed by atoms with Gasteiger partial charge in [-0.25, -0.2) is 9.69 Å². The summed E-state index contributed by atoms with van der Waals surface area (Å²) in [7, 11) is 1.62. The molecule has 1 fully saturated rings. The van der Waals surface area contributed by atoms with Crippen molar-refractivity contribution in [3.05, 3.63) is 42.2 Å². The van der Waals surface area contributed by atoms with Crippen molar-refractivity contribution in [2.75, 3.05) is 25.1 Å². The topological polar surface area (TPSA) is 78.5 Å². The number of imide groups is 1. The number of hydrogen-bond acceptors (Lipinski definition) is 4. The maximum atomic E-state index is 12.3. The number of hydrogen-bond donors (Lipinski definition) is 1. The highest BCUT2D eigenvalue weighted by atomic mass is 16.5. The van der Waals surface area contributed by atoms with E-state index in [0.29, 0.717) is 18.7 Å². The number of amides is 3. The van der Waals surface area contributed by atoms with Gasteiger partial charge in [-0.1, -0.05) is 12.1 Å². The molecule has 0 spiro atoms. The number of carbonyl (C=O) groups is 2. The number of H-pyrrole nitrogens is 1. The summed E-state index contributed by atoms with van der Waals surface area (Å²) in [6, 6.07) is 7.36. The van der Waals surface area contributed by atoms with Crippen LogP contribution in [0.5, 0.6) is 5.75 Å². The molecule has 0 bridgehead atoms. The Morgan fingerprint density at radius 3 is 2.68 bits per heavy atom. The molecule has 7 nitrogen and oxygen atoms in total. The average Bonchev–Trinajstić information content (AvgIpc) is 3.14. The third-order valence-electron chi connectivity index (χ3n) is 3.61. The molecular weight excluding hydrogens is 284 g/mol. The van der Waals surface area contributed by atoms with Gasteiger partial charge >= 0.3 is 6.03 Å². The monoisotopic (exact) mass is 300 g/mol. The number of aromatic nitrogens is 2. The van der Waals surface area contributed by atoms with Gasteiger partial charge in [0.1, 0.15) is 12.3 Å². The lowest BCUT2D eigenvalue weighted by Crippen LogP contribution is -2.33. The number of urea groups is 1. The fraction of sp³-hybridized carbons (Fsp3) is 0.267. The van der Waals surface area contributed by atoms with Gasteiger partial charge in [-0.15, -0.1) is 0 Å². The Balaban J connectivity index is 1.63. The SMILES string of the molecule is COc1ccc(CCN2CC(=O)N(c3cn[nH]c3)C2=O)cc1. The Labute approximate surface area is 127 Å². The quantitative estimate of drug-likeness (QED) is 0.847. The molecule has 114 valence electrons. The lowest BCUT2D eigenvalue weighted by atomic mass is 10.1. The van der Waals surface area contributed by atoms with Crippen LogP contribution in [0.4, 0.5) is 10.5 Å². The molecule has 1 saturated heterocycles. The first-order chi connectivity index (χ1) is 10.7. The number of anilines is 1. The lowest BCUT2D eigenvalue weighted by Gasteiger charge is -2.15. The zero-order valence-corrected chi connectivity index (χ0v) is 12.2. The van der Waals surface area contributed by atoms with Crippen LogP contribution in [0.1, 0.15) is 5.56 Å². The zero-order valence-electron chi connectivity index (χ0n) is 12.2. The number of methoxy groups -OCH3 is 1. The second kappa shape index (κ2) is 5.88. The van der Waals surface area contributed by atoms with Crippen LogP contribution in [0.2, 0.25) is 0 Å². The highest BCUT2D eigenvalue weighted by molar-refractivity contribution is 6.19. The largest absolute Gasteiger partial charge is 0.497 e. The van der Waals surface area contributed by atoms with Gasteiger partial charge in [-0.3, -0.25) is 9.89 Å². The number of nitrogens with one attached hydrogen (secondary N) is 1. The predicted molar refractivity (Wildman–Crippen MR) is 79.7 cm³/mol. The maximum absolute atomic E-state index is 12.3. The normalized spacial score (nSPS) is 14.8. The minimum Gasteiger partial charge on any atom is -0.497 e. The molecule has 22 heavy (non-hydrogen) atoms. The van der Waals surface area contributed by atoms with Crippen LogP contribution in [0.3, 0.4) is 0 Å². The minimum absolute atomic E-state index is 0.0974. The van der Waals surface area contributed by atoms with E-state index in [1.54, 1.807) is 12.0 Å². The van der Waals surface area contributed by atoms with Crippen LogP contribution in [0, 0.1) is 0 Å².